The summed E-state index contributed by atoms with van der Waals surface area (Å²) in [5.41, 5.74) is 4.50. The maximum atomic E-state index is 8.92. The quantitative estimate of drug-likeness (QED) is 0.558. The lowest BCUT2D eigenvalue weighted by molar-refractivity contribution is 0.383. The number of fused-ring (bicyclic) bond motifs is 1. The summed E-state index contributed by atoms with van der Waals surface area (Å²) >= 11 is 0. The number of rotatable bonds is 3. The van der Waals surface area contributed by atoms with Crippen molar-refractivity contribution in [1.29, 1.82) is 5.26 Å². The number of aromatic nitrogens is 3. The Labute approximate surface area is 144 Å². The first-order valence-corrected chi connectivity index (χ1v) is 8.00. The highest BCUT2D eigenvalue weighted by atomic mass is 16.5. The second kappa shape index (κ2) is 6.17. The average Bonchev–Trinajstić information content (AvgIpc) is 3.16. The van der Waals surface area contributed by atoms with Crippen molar-refractivity contribution in [2.45, 2.75) is 13.3 Å². The second-order valence-corrected chi connectivity index (χ2v) is 5.69. The van der Waals surface area contributed by atoms with Gasteiger partial charge in [-0.2, -0.15) is 10.2 Å². The maximum absolute atomic E-state index is 8.92. The molecule has 4 rings (SSSR count). The Morgan fingerprint density at radius 3 is 2.48 bits per heavy atom. The van der Waals surface area contributed by atoms with Crippen LogP contribution in [0.15, 0.2) is 59.3 Å². The predicted molar refractivity (Wildman–Crippen MR) is 94.6 cm³/mol. The number of nitrogens with zero attached hydrogens (tertiary/aromatic N) is 4. The fourth-order valence-corrected chi connectivity index (χ4v) is 2.69. The number of benzene rings is 2. The molecule has 2 aromatic heterocycles. The molecular formula is C20H14N4O. The number of hydrogen-bond acceptors (Lipinski definition) is 5. The lowest BCUT2D eigenvalue weighted by Gasteiger charge is -2.05. The molecule has 0 N–H and O–H groups in total. The van der Waals surface area contributed by atoms with Gasteiger partial charge in [0, 0.05) is 23.6 Å². The van der Waals surface area contributed by atoms with E-state index in [-0.39, 0.29) is 0 Å². The van der Waals surface area contributed by atoms with E-state index in [1.54, 1.807) is 6.20 Å². The molecule has 4 aromatic rings. The van der Waals surface area contributed by atoms with Crippen molar-refractivity contribution in [3.8, 4) is 28.6 Å². The van der Waals surface area contributed by atoms with Crippen LogP contribution in [-0.4, -0.2) is 15.1 Å². The molecule has 0 saturated heterocycles. The fraction of sp³-hybridized carbons (Fsp3) is 0.100. The molecule has 0 aliphatic rings. The zero-order valence-electron chi connectivity index (χ0n) is 13.6. The van der Waals surface area contributed by atoms with E-state index in [0.29, 0.717) is 23.7 Å². The number of hydrogen-bond donors (Lipinski definition) is 0. The molecule has 5 nitrogen and oxygen atoms in total. The van der Waals surface area contributed by atoms with Crippen molar-refractivity contribution in [3.63, 3.8) is 0 Å². The number of pyridine rings is 1. The van der Waals surface area contributed by atoms with Crippen LogP contribution in [0, 0.1) is 11.3 Å². The first kappa shape index (κ1) is 15.0. The summed E-state index contributed by atoms with van der Waals surface area (Å²) in [7, 11) is 0. The molecule has 0 fully saturated rings. The number of aryl methyl sites for hydroxylation is 1. The van der Waals surface area contributed by atoms with Crippen molar-refractivity contribution >= 4 is 10.9 Å². The van der Waals surface area contributed by atoms with Gasteiger partial charge in [0.1, 0.15) is 0 Å². The summed E-state index contributed by atoms with van der Waals surface area (Å²) in [5, 5.41) is 13.9. The average molecular weight is 326 g/mol. The summed E-state index contributed by atoms with van der Waals surface area (Å²) in [6.07, 6.45) is 2.46. The smallest absolute Gasteiger partial charge is 0.226 e. The van der Waals surface area contributed by atoms with Gasteiger partial charge in [-0.15, -0.1) is 0 Å². The van der Waals surface area contributed by atoms with Gasteiger partial charge in [0.2, 0.25) is 11.7 Å². The third-order valence-corrected chi connectivity index (χ3v) is 4.06. The van der Waals surface area contributed by atoms with E-state index in [2.05, 4.69) is 27.3 Å². The van der Waals surface area contributed by atoms with E-state index in [0.717, 1.165) is 27.6 Å². The van der Waals surface area contributed by atoms with Crippen LogP contribution in [0.5, 0.6) is 0 Å². The molecule has 2 heterocycles. The molecular weight excluding hydrogens is 312 g/mol. The third-order valence-electron chi connectivity index (χ3n) is 4.06. The van der Waals surface area contributed by atoms with Crippen LogP contribution in [0.4, 0.5) is 0 Å². The monoisotopic (exact) mass is 326 g/mol. The molecule has 0 amide bonds. The Bertz CT molecular complexity index is 1090. The highest BCUT2D eigenvalue weighted by molar-refractivity contribution is 5.87. The van der Waals surface area contributed by atoms with Gasteiger partial charge in [-0.05, 0) is 41.5 Å². The zero-order valence-corrected chi connectivity index (χ0v) is 13.6. The van der Waals surface area contributed by atoms with E-state index in [1.807, 2.05) is 49.4 Å². The highest BCUT2D eigenvalue weighted by Crippen LogP contribution is 2.26. The first-order chi connectivity index (χ1) is 12.3. The number of nitriles is 1. The third kappa shape index (κ3) is 2.86. The highest BCUT2D eigenvalue weighted by Gasteiger charge is 2.09. The minimum absolute atomic E-state index is 0.551. The molecule has 0 unspecified atom stereocenters. The minimum Gasteiger partial charge on any atom is -0.339 e. The minimum atomic E-state index is 0.551. The van der Waals surface area contributed by atoms with E-state index in [1.165, 1.54) is 0 Å². The maximum Gasteiger partial charge on any atom is 0.226 e. The van der Waals surface area contributed by atoms with Crippen molar-refractivity contribution in [2.75, 3.05) is 0 Å². The van der Waals surface area contributed by atoms with Crippen LogP contribution >= 0.6 is 0 Å². The van der Waals surface area contributed by atoms with Gasteiger partial charge in [-0.3, -0.25) is 4.98 Å². The zero-order chi connectivity index (χ0) is 17.2. The van der Waals surface area contributed by atoms with Gasteiger partial charge in [0.15, 0.2) is 0 Å². The van der Waals surface area contributed by atoms with Gasteiger partial charge in [-0.1, -0.05) is 30.3 Å². The molecule has 0 aliphatic carbocycles. The molecule has 0 aliphatic heterocycles. The lowest BCUT2D eigenvalue weighted by atomic mass is 10.0. The summed E-state index contributed by atoms with van der Waals surface area (Å²) in [6.45, 7) is 1.97. The van der Waals surface area contributed by atoms with Gasteiger partial charge < -0.3 is 4.52 Å². The molecule has 0 saturated carbocycles. The molecule has 2 aromatic carbocycles. The van der Waals surface area contributed by atoms with E-state index in [4.69, 9.17) is 9.78 Å². The van der Waals surface area contributed by atoms with Gasteiger partial charge in [0.25, 0.3) is 0 Å². The van der Waals surface area contributed by atoms with Gasteiger partial charge >= 0.3 is 0 Å². The SMILES string of the molecule is CCc1nc(-c2cnc3ccc(-c4ccc(C#N)cc4)cc3c2)no1. The van der Waals surface area contributed by atoms with E-state index < -0.39 is 0 Å². The largest absolute Gasteiger partial charge is 0.339 e. The second-order valence-electron chi connectivity index (χ2n) is 5.69. The van der Waals surface area contributed by atoms with Crippen molar-refractivity contribution < 1.29 is 4.52 Å². The fourth-order valence-electron chi connectivity index (χ4n) is 2.69. The normalized spacial score (nSPS) is 10.7. The van der Waals surface area contributed by atoms with Crippen LogP contribution in [0.2, 0.25) is 0 Å². The Morgan fingerprint density at radius 2 is 1.76 bits per heavy atom. The van der Waals surface area contributed by atoms with Crippen molar-refractivity contribution in [3.05, 3.63) is 66.2 Å². The Kier molecular flexibility index (Phi) is 3.71. The molecule has 0 atom stereocenters. The van der Waals surface area contributed by atoms with Crippen LogP contribution in [0.1, 0.15) is 18.4 Å². The van der Waals surface area contributed by atoms with Gasteiger partial charge in [0.05, 0.1) is 17.1 Å². The predicted octanol–water partition coefficient (Wildman–Crippen LogP) is 4.39. The summed E-state index contributed by atoms with van der Waals surface area (Å²) in [5.74, 6) is 1.16. The summed E-state index contributed by atoms with van der Waals surface area (Å²) in [4.78, 5) is 8.85. The van der Waals surface area contributed by atoms with Crippen molar-refractivity contribution in [1.82, 2.24) is 15.1 Å². The lowest BCUT2D eigenvalue weighted by Crippen LogP contribution is -1.87. The van der Waals surface area contributed by atoms with Crippen LogP contribution in [0.3, 0.4) is 0 Å². The van der Waals surface area contributed by atoms with E-state index in [9.17, 15) is 0 Å². The van der Waals surface area contributed by atoms with Crippen LogP contribution in [-0.2, 0) is 6.42 Å². The topological polar surface area (TPSA) is 75.6 Å². The molecule has 0 bridgehead atoms. The van der Waals surface area contributed by atoms with Gasteiger partial charge in [-0.25, -0.2) is 0 Å². The first-order valence-electron chi connectivity index (χ1n) is 8.00. The van der Waals surface area contributed by atoms with Crippen LogP contribution in [0.25, 0.3) is 33.4 Å². The molecule has 0 spiro atoms. The standard InChI is InChI=1S/C20H14N4O/c1-2-19-23-20(24-25-19)17-10-16-9-15(7-8-18(16)22-12-17)14-5-3-13(11-21)4-6-14/h3-10,12H,2H2,1H3. The van der Waals surface area contributed by atoms with Crippen molar-refractivity contribution in [2.24, 2.45) is 0 Å². The summed E-state index contributed by atoms with van der Waals surface area (Å²) in [6, 6.07) is 17.8. The molecule has 0 radical (unpaired) electrons. The molecule has 120 valence electrons. The molecule has 5 heteroatoms. The van der Waals surface area contributed by atoms with Crippen LogP contribution < -0.4 is 0 Å². The Morgan fingerprint density at radius 1 is 1.00 bits per heavy atom. The van der Waals surface area contributed by atoms with E-state index >= 15 is 0 Å². The Hall–Kier alpha value is -3.52. The molecule has 25 heavy (non-hydrogen) atoms. The Balaban J connectivity index is 1.76. The summed E-state index contributed by atoms with van der Waals surface area (Å²) < 4.78 is 5.18.